The molecule has 0 bridgehead atoms. The molecular weight excluding hydrogens is 324 g/mol. The third-order valence-electron chi connectivity index (χ3n) is 2.94. The minimum atomic E-state index is 0.696. The summed E-state index contributed by atoms with van der Waals surface area (Å²) in [7, 11) is 0. The Morgan fingerprint density at radius 2 is 1.95 bits per heavy atom. The molecule has 2 nitrogen and oxygen atoms in total. The molecule has 0 saturated carbocycles. The first-order chi connectivity index (χ1) is 9.29. The maximum Gasteiger partial charge on any atom is 0.100 e. The summed E-state index contributed by atoms with van der Waals surface area (Å²) in [5.41, 5.74) is 4.06. The molecule has 0 unspecified atom stereocenters. The van der Waals surface area contributed by atoms with Gasteiger partial charge in [-0.2, -0.15) is 0 Å². The molecule has 0 atom stereocenters. The Morgan fingerprint density at radius 1 is 1.16 bits per heavy atom. The van der Waals surface area contributed by atoms with Crippen molar-refractivity contribution in [3.63, 3.8) is 0 Å². The van der Waals surface area contributed by atoms with Crippen molar-refractivity contribution in [2.24, 2.45) is 0 Å². The van der Waals surface area contributed by atoms with E-state index in [4.69, 9.17) is 11.6 Å². The lowest BCUT2D eigenvalue weighted by Crippen LogP contribution is -1.96. The Hall–Kier alpha value is -1.58. The lowest BCUT2D eigenvalue weighted by molar-refractivity contribution is 1.13. The summed E-state index contributed by atoms with van der Waals surface area (Å²) in [6.07, 6.45) is 1.81. The standard InChI is InChI=1S/C15H10BrClN2/c16-9-15(11-4-2-1-3-5-11)19-10-18-13-8-12(17)6-7-14(13)19/h1-10H. The number of hydrogen-bond donors (Lipinski definition) is 0. The lowest BCUT2D eigenvalue weighted by Gasteiger charge is -2.09. The van der Waals surface area contributed by atoms with Gasteiger partial charge in [-0.05, 0) is 23.8 Å². The van der Waals surface area contributed by atoms with Gasteiger partial charge in [-0.3, -0.25) is 4.57 Å². The number of imidazole rings is 1. The molecule has 1 heterocycles. The van der Waals surface area contributed by atoms with Crippen LogP contribution in [-0.2, 0) is 0 Å². The van der Waals surface area contributed by atoms with Crippen molar-refractivity contribution >= 4 is 44.3 Å². The average molecular weight is 334 g/mol. The molecule has 0 aliphatic rings. The van der Waals surface area contributed by atoms with Gasteiger partial charge in [0.05, 0.1) is 16.7 Å². The number of aromatic nitrogens is 2. The highest BCUT2D eigenvalue weighted by Crippen LogP contribution is 2.25. The minimum Gasteiger partial charge on any atom is -0.298 e. The topological polar surface area (TPSA) is 17.8 Å². The predicted octanol–water partition coefficient (Wildman–Crippen LogP) is 4.93. The monoisotopic (exact) mass is 332 g/mol. The zero-order valence-corrected chi connectivity index (χ0v) is 12.3. The molecular formula is C15H10BrClN2. The second-order valence-electron chi connectivity index (χ2n) is 4.11. The molecule has 0 N–H and O–H groups in total. The van der Waals surface area contributed by atoms with Crippen LogP contribution in [0.3, 0.4) is 0 Å². The van der Waals surface area contributed by atoms with Gasteiger partial charge in [0.15, 0.2) is 0 Å². The van der Waals surface area contributed by atoms with Crippen LogP contribution in [0, 0.1) is 0 Å². The van der Waals surface area contributed by atoms with Crippen LogP contribution in [0.4, 0.5) is 0 Å². The van der Waals surface area contributed by atoms with Gasteiger partial charge in [0.1, 0.15) is 6.33 Å². The van der Waals surface area contributed by atoms with Gasteiger partial charge in [-0.15, -0.1) is 0 Å². The molecule has 4 heteroatoms. The van der Waals surface area contributed by atoms with Crippen LogP contribution < -0.4 is 0 Å². The molecule has 0 aliphatic carbocycles. The largest absolute Gasteiger partial charge is 0.298 e. The predicted molar refractivity (Wildman–Crippen MR) is 83.5 cm³/mol. The fraction of sp³-hybridized carbons (Fsp3) is 0. The number of fused-ring (bicyclic) bond motifs is 1. The van der Waals surface area contributed by atoms with Gasteiger partial charge in [-0.25, -0.2) is 4.98 Å². The van der Waals surface area contributed by atoms with E-state index in [0.29, 0.717) is 5.02 Å². The average Bonchev–Trinajstić information content (AvgIpc) is 2.84. The summed E-state index contributed by atoms with van der Waals surface area (Å²) in [6.45, 7) is 0. The van der Waals surface area contributed by atoms with Gasteiger partial charge in [-0.1, -0.05) is 57.9 Å². The van der Waals surface area contributed by atoms with Crippen molar-refractivity contribution in [2.75, 3.05) is 0 Å². The van der Waals surface area contributed by atoms with Crippen LogP contribution in [0.25, 0.3) is 16.7 Å². The van der Waals surface area contributed by atoms with Gasteiger partial charge >= 0.3 is 0 Å². The van der Waals surface area contributed by atoms with Crippen molar-refractivity contribution in [3.8, 4) is 0 Å². The summed E-state index contributed by atoms with van der Waals surface area (Å²) in [5, 5.41) is 0.696. The van der Waals surface area contributed by atoms with Gasteiger partial charge in [0.2, 0.25) is 0 Å². The Balaban J connectivity index is 2.18. The Labute approximate surface area is 124 Å². The van der Waals surface area contributed by atoms with Crippen LogP contribution in [0.1, 0.15) is 5.56 Å². The molecule has 2 aromatic carbocycles. The van der Waals surface area contributed by atoms with Gasteiger partial charge < -0.3 is 0 Å². The van der Waals surface area contributed by atoms with Gasteiger partial charge in [0.25, 0.3) is 0 Å². The number of hydrogen-bond acceptors (Lipinski definition) is 1. The van der Waals surface area contributed by atoms with Crippen molar-refractivity contribution < 1.29 is 0 Å². The summed E-state index contributed by atoms with van der Waals surface area (Å²) in [5.74, 6) is 0. The van der Waals surface area contributed by atoms with Crippen LogP contribution >= 0.6 is 27.5 Å². The number of halogens is 2. The molecule has 0 radical (unpaired) electrons. The third-order valence-corrected chi connectivity index (χ3v) is 3.61. The SMILES string of the molecule is Clc1ccc2c(c1)ncn2C(=CBr)c1ccccc1. The van der Waals surface area contributed by atoms with Crippen LogP contribution in [0.5, 0.6) is 0 Å². The molecule has 0 spiro atoms. The molecule has 3 aromatic rings. The van der Waals surface area contributed by atoms with E-state index in [1.54, 1.807) is 6.33 Å². The van der Waals surface area contributed by atoms with Crippen molar-refractivity contribution in [2.45, 2.75) is 0 Å². The number of benzene rings is 2. The summed E-state index contributed by atoms with van der Waals surface area (Å²) < 4.78 is 2.04. The maximum atomic E-state index is 5.99. The number of nitrogens with zero attached hydrogens (tertiary/aromatic N) is 2. The van der Waals surface area contributed by atoms with E-state index in [2.05, 4.69) is 33.0 Å². The first-order valence-corrected chi connectivity index (χ1v) is 7.08. The highest BCUT2D eigenvalue weighted by atomic mass is 79.9. The van der Waals surface area contributed by atoms with Gasteiger partial charge in [0, 0.05) is 10.0 Å². The molecule has 0 amide bonds. The summed E-state index contributed by atoms with van der Waals surface area (Å²) >= 11 is 9.42. The second kappa shape index (κ2) is 5.19. The summed E-state index contributed by atoms with van der Waals surface area (Å²) in [6, 6.07) is 15.9. The first kappa shape index (κ1) is 12.5. The molecule has 19 heavy (non-hydrogen) atoms. The highest BCUT2D eigenvalue weighted by molar-refractivity contribution is 9.11. The zero-order valence-electron chi connectivity index (χ0n) is 9.92. The van der Waals surface area contributed by atoms with E-state index in [1.165, 1.54) is 0 Å². The molecule has 3 rings (SSSR count). The van der Waals surface area contributed by atoms with E-state index in [1.807, 2.05) is 46.0 Å². The van der Waals surface area contributed by atoms with E-state index in [9.17, 15) is 0 Å². The minimum absolute atomic E-state index is 0.696. The van der Waals surface area contributed by atoms with E-state index in [-0.39, 0.29) is 0 Å². The fourth-order valence-electron chi connectivity index (χ4n) is 2.04. The third kappa shape index (κ3) is 2.31. The maximum absolute atomic E-state index is 5.99. The summed E-state index contributed by atoms with van der Waals surface area (Å²) in [4.78, 5) is 6.29. The highest BCUT2D eigenvalue weighted by Gasteiger charge is 2.08. The normalized spacial score (nSPS) is 12.0. The second-order valence-corrected chi connectivity index (χ2v) is 5.00. The Morgan fingerprint density at radius 3 is 2.68 bits per heavy atom. The van der Waals surface area contributed by atoms with Crippen molar-refractivity contribution in [1.82, 2.24) is 9.55 Å². The van der Waals surface area contributed by atoms with Crippen LogP contribution in [0.15, 0.2) is 59.8 Å². The quantitative estimate of drug-likeness (QED) is 0.650. The van der Waals surface area contributed by atoms with Crippen LogP contribution in [0.2, 0.25) is 5.02 Å². The Bertz CT molecular complexity index is 747. The molecule has 94 valence electrons. The zero-order chi connectivity index (χ0) is 13.2. The smallest absolute Gasteiger partial charge is 0.100 e. The van der Waals surface area contributed by atoms with Crippen LogP contribution in [-0.4, -0.2) is 9.55 Å². The molecule has 0 saturated heterocycles. The number of rotatable bonds is 2. The molecule has 0 fully saturated rings. The van der Waals surface area contributed by atoms with Crippen molar-refractivity contribution in [1.29, 1.82) is 0 Å². The molecule has 0 aliphatic heterocycles. The van der Waals surface area contributed by atoms with Crippen molar-refractivity contribution in [3.05, 3.63) is 70.4 Å². The first-order valence-electron chi connectivity index (χ1n) is 5.78. The van der Waals surface area contributed by atoms with E-state index < -0.39 is 0 Å². The molecule has 1 aromatic heterocycles. The van der Waals surface area contributed by atoms with E-state index in [0.717, 1.165) is 22.3 Å². The Kier molecular flexibility index (Phi) is 3.40. The fourth-order valence-corrected chi connectivity index (χ4v) is 2.69. The van der Waals surface area contributed by atoms with E-state index >= 15 is 0 Å². The lowest BCUT2D eigenvalue weighted by atomic mass is 10.1.